The molecule has 2 aromatic rings. The molecule has 0 spiro atoms. The number of benzene rings is 2. The Kier molecular flexibility index (Phi) is 4.94. The molecular weight excluding hydrogens is 406 g/mol. The number of aliphatic hydroxyl groups excluding tert-OH is 1. The lowest BCUT2D eigenvalue weighted by Crippen LogP contribution is -2.64. The van der Waals surface area contributed by atoms with Crippen LogP contribution in [0, 0.1) is 5.92 Å². The normalized spacial score (nSPS) is 26.2. The zero-order valence-electron chi connectivity index (χ0n) is 16.6. The summed E-state index contributed by atoms with van der Waals surface area (Å²) < 4.78 is 30.3. The van der Waals surface area contributed by atoms with Gasteiger partial charge < -0.3 is 14.7 Å². The summed E-state index contributed by atoms with van der Waals surface area (Å²) in [5, 5.41) is 8.25. The Morgan fingerprint density at radius 3 is 2.03 bits per heavy atom. The van der Waals surface area contributed by atoms with Gasteiger partial charge in [-0.05, 0) is 25.0 Å². The molecule has 2 aromatic carbocycles. The van der Waals surface area contributed by atoms with Gasteiger partial charge in [-0.3, -0.25) is 4.79 Å². The van der Waals surface area contributed by atoms with E-state index >= 15 is 0 Å². The van der Waals surface area contributed by atoms with Crippen LogP contribution in [0.3, 0.4) is 0 Å². The predicted octanol–water partition coefficient (Wildman–Crippen LogP) is 1.67. The first-order chi connectivity index (χ1) is 14.2. The molecule has 8 heteroatoms. The minimum absolute atomic E-state index is 0.547. The number of ether oxygens (including phenoxy) is 1. The third-order valence-electron chi connectivity index (χ3n) is 6.04. The van der Waals surface area contributed by atoms with Crippen LogP contribution in [0.1, 0.15) is 31.1 Å². The van der Waals surface area contributed by atoms with E-state index in [1.165, 1.54) is 13.8 Å². The van der Waals surface area contributed by atoms with Crippen molar-refractivity contribution >= 4 is 21.7 Å². The fourth-order valence-corrected chi connectivity index (χ4v) is 6.63. The van der Waals surface area contributed by atoms with Crippen molar-refractivity contribution in [2.24, 2.45) is 5.92 Å². The van der Waals surface area contributed by atoms with E-state index in [1.54, 1.807) is 0 Å². The van der Waals surface area contributed by atoms with Crippen LogP contribution >= 0.6 is 0 Å². The minimum atomic E-state index is -3.87. The fraction of sp³-hybridized carbons (Fsp3) is 0.364. The number of nitrogens with zero attached hydrogens (tertiary/aromatic N) is 1. The molecule has 2 aliphatic heterocycles. The maximum absolute atomic E-state index is 13.3. The van der Waals surface area contributed by atoms with Gasteiger partial charge in [-0.25, -0.2) is 13.2 Å². The molecule has 0 radical (unpaired) electrons. The van der Waals surface area contributed by atoms with Crippen LogP contribution in [0.2, 0.25) is 0 Å². The minimum Gasteiger partial charge on any atom is -0.451 e. The first-order valence-corrected chi connectivity index (χ1v) is 11.2. The number of β-lactam (4-membered cyclic amide) rings is 1. The molecule has 2 aliphatic rings. The number of esters is 1. The van der Waals surface area contributed by atoms with E-state index in [9.17, 15) is 23.1 Å². The summed E-state index contributed by atoms with van der Waals surface area (Å²) in [4.78, 5) is 26.8. The third kappa shape index (κ3) is 2.86. The Bertz CT molecular complexity index is 1030. The van der Waals surface area contributed by atoms with Gasteiger partial charge >= 0.3 is 5.97 Å². The van der Waals surface area contributed by atoms with Gasteiger partial charge in [0.05, 0.1) is 17.3 Å². The predicted molar refractivity (Wildman–Crippen MR) is 109 cm³/mol. The van der Waals surface area contributed by atoms with Crippen LogP contribution in [0.4, 0.5) is 0 Å². The molecule has 3 atom stereocenters. The van der Waals surface area contributed by atoms with Crippen molar-refractivity contribution in [2.45, 2.75) is 36.1 Å². The zero-order chi connectivity index (χ0) is 21.7. The number of sulfone groups is 1. The molecule has 0 unspecified atom stereocenters. The number of hydrogen-bond donors (Lipinski definition) is 1. The summed E-state index contributed by atoms with van der Waals surface area (Å²) in [6.07, 6.45) is -0.748. The number of hydrogen-bond acceptors (Lipinski definition) is 6. The number of amides is 1. The summed E-state index contributed by atoms with van der Waals surface area (Å²) >= 11 is 0. The maximum Gasteiger partial charge on any atom is 0.331 e. The second-order valence-electron chi connectivity index (χ2n) is 8.11. The van der Waals surface area contributed by atoms with Crippen LogP contribution in [0.5, 0.6) is 0 Å². The second-order valence-corrected chi connectivity index (χ2v) is 10.7. The number of aliphatic hydroxyl groups is 1. The SMILES string of the molecule is CC1(C)[C@@H](C(=O)OC(c2ccccc2)c2ccccc2)N2C(=O)[C@H](CO)[C@H]2S1(=O)=O. The van der Waals surface area contributed by atoms with Crippen molar-refractivity contribution in [3.8, 4) is 0 Å². The van der Waals surface area contributed by atoms with E-state index in [-0.39, 0.29) is 0 Å². The van der Waals surface area contributed by atoms with Crippen molar-refractivity contribution in [3.63, 3.8) is 0 Å². The van der Waals surface area contributed by atoms with E-state index in [0.717, 1.165) is 16.0 Å². The molecule has 0 bridgehead atoms. The van der Waals surface area contributed by atoms with Gasteiger partial charge in [0.1, 0.15) is 11.4 Å². The third-order valence-corrected chi connectivity index (χ3v) is 8.92. The summed E-state index contributed by atoms with van der Waals surface area (Å²) in [5.74, 6) is -2.37. The highest BCUT2D eigenvalue weighted by atomic mass is 32.2. The van der Waals surface area contributed by atoms with E-state index in [0.29, 0.717) is 0 Å². The number of carbonyl (C=O) groups is 2. The number of fused-ring (bicyclic) bond motifs is 1. The zero-order valence-corrected chi connectivity index (χ0v) is 17.5. The molecule has 0 aliphatic carbocycles. The molecule has 0 aromatic heterocycles. The van der Waals surface area contributed by atoms with Gasteiger partial charge in [0, 0.05) is 0 Å². The average molecular weight is 429 g/mol. The molecule has 2 saturated heterocycles. The van der Waals surface area contributed by atoms with E-state index in [1.807, 2.05) is 60.7 Å². The van der Waals surface area contributed by atoms with E-state index < -0.39 is 56.5 Å². The van der Waals surface area contributed by atoms with E-state index in [2.05, 4.69) is 0 Å². The molecule has 1 N–H and O–H groups in total. The van der Waals surface area contributed by atoms with Crippen LogP contribution in [-0.2, 0) is 24.2 Å². The molecule has 4 rings (SSSR count). The molecule has 1 amide bonds. The highest BCUT2D eigenvalue weighted by Gasteiger charge is 2.72. The maximum atomic E-state index is 13.3. The van der Waals surface area contributed by atoms with Crippen molar-refractivity contribution in [2.75, 3.05) is 6.61 Å². The van der Waals surface area contributed by atoms with Crippen LogP contribution in [0.15, 0.2) is 60.7 Å². The lowest BCUT2D eigenvalue weighted by atomic mass is 9.92. The average Bonchev–Trinajstić information content (AvgIpc) is 2.88. The smallest absolute Gasteiger partial charge is 0.331 e. The monoisotopic (exact) mass is 429 g/mol. The lowest BCUT2D eigenvalue weighted by molar-refractivity contribution is -0.170. The molecule has 2 heterocycles. The molecule has 2 fully saturated rings. The van der Waals surface area contributed by atoms with Gasteiger partial charge in [0.2, 0.25) is 5.91 Å². The number of rotatable bonds is 5. The van der Waals surface area contributed by atoms with Gasteiger partial charge in [-0.2, -0.15) is 0 Å². The van der Waals surface area contributed by atoms with Gasteiger partial charge in [0.25, 0.3) is 0 Å². The Morgan fingerprint density at radius 1 is 1.07 bits per heavy atom. The molecule has 30 heavy (non-hydrogen) atoms. The molecule has 7 nitrogen and oxygen atoms in total. The molecule has 158 valence electrons. The van der Waals surface area contributed by atoms with Gasteiger partial charge in [-0.1, -0.05) is 60.7 Å². The van der Waals surface area contributed by atoms with Crippen LogP contribution in [-0.4, -0.2) is 53.1 Å². The largest absolute Gasteiger partial charge is 0.451 e. The number of carbonyl (C=O) groups excluding carboxylic acids is 2. The van der Waals surface area contributed by atoms with Gasteiger partial charge in [-0.15, -0.1) is 0 Å². The standard InChI is InChI=1S/C22H23NO6S/c1-22(2)18(23-19(25)16(13-24)20(23)30(22,27)28)21(26)29-17(14-9-5-3-6-10-14)15-11-7-4-8-12-15/h3-12,16-18,20,24H,13H2,1-2H3/t16-,18+,20+/m0/s1. The Hall–Kier alpha value is -2.71. The summed E-state index contributed by atoms with van der Waals surface area (Å²) in [5.41, 5.74) is 1.46. The topological polar surface area (TPSA) is 101 Å². The highest BCUT2D eigenvalue weighted by molar-refractivity contribution is 7.93. The Labute approximate surface area is 175 Å². The molecular formula is C22H23NO6S. The highest BCUT2D eigenvalue weighted by Crippen LogP contribution is 2.49. The summed E-state index contributed by atoms with van der Waals surface area (Å²) in [7, 11) is -3.87. The van der Waals surface area contributed by atoms with Crippen molar-refractivity contribution in [3.05, 3.63) is 71.8 Å². The van der Waals surface area contributed by atoms with Crippen molar-refractivity contribution < 1.29 is 27.9 Å². The Balaban J connectivity index is 1.70. The van der Waals surface area contributed by atoms with Crippen LogP contribution < -0.4 is 0 Å². The van der Waals surface area contributed by atoms with E-state index in [4.69, 9.17) is 4.74 Å². The van der Waals surface area contributed by atoms with Crippen LogP contribution in [0.25, 0.3) is 0 Å². The van der Waals surface area contributed by atoms with Gasteiger partial charge in [0.15, 0.2) is 15.9 Å². The fourth-order valence-electron chi connectivity index (χ4n) is 4.32. The van der Waals surface area contributed by atoms with Crippen molar-refractivity contribution in [1.29, 1.82) is 0 Å². The summed E-state index contributed by atoms with van der Waals surface area (Å²) in [6, 6.07) is 17.0. The van der Waals surface area contributed by atoms with Crippen molar-refractivity contribution in [1.82, 2.24) is 4.90 Å². The second kappa shape index (κ2) is 7.21. The first-order valence-electron chi connectivity index (χ1n) is 9.68. The quantitative estimate of drug-likeness (QED) is 0.573. The Morgan fingerprint density at radius 2 is 1.57 bits per heavy atom. The summed E-state index contributed by atoms with van der Waals surface area (Å²) in [6.45, 7) is 2.27. The lowest BCUT2D eigenvalue weighted by Gasteiger charge is -2.42. The first kappa shape index (κ1) is 20.6. The molecule has 0 saturated carbocycles.